The van der Waals surface area contributed by atoms with Crippen molar-refractivity contribution in [2.24, 2.45) is 17.6 Å². The molecule has 3 atom stereocenters. The van der Waals surface area contributed by atoms with Gasteiger partial charge in [0.2, 0.25) is 9.58 Å². The van der Waals surface area contributed by atoms with E-state index < -0.39 is 80.7 Å². The van der Waals surface area contributed by atoms with Gasteiger partial charge in [-0.2, -0.15) is 0 Å². The third-order valence-electron chi connectivity index (χ3n) is 6.97. The Balaban J connectivity index is 1.72. The first kappa shape index (κ1) is 27.8. The van der Waals surface area contributed by atoms with Crippen molar-refractivity contribution in [3.8, 4) is 5.75 Å². The van der Waals surface area contributed by atoms with Crippen LogP contribution in [0.3, 0.4) is 0 Å². The van der Waals surface area contributed by atoms with Gasteiger partial charge in [-0.3, -0.25) is 14.4 Å². The molecule has 0 heterocycles. The second-order valence-corrected chi connectivity index (χ2v) is 11.8. The van der Waals surface area contributed by atoms with E-state index in [0.717, 1.165) is 0 Å². The molecule has 15 heteroatoms. The summed E-state index contributed by atoms with van der Waals surface area (Å²) < 4.78 is 2.91. The highest BCUT2D eigenvalue weighted by Gasteiger charge is 2.60. The number of aromatic hydroxyl groups is 1. The summed E-state index contributed by atoms with van der Waals surface area (Å²) >= 11 is 16.6. The number of alkyl carbamates (subject to hydrolysis) is 1. The number of carbonyl (C=O) groups excluding carboxylic acids is 4. The summed E-state index contributed by atoms with van der Waals surface area (Å²) in [7, 11) is 0. The van der Waals surface area contributed by atoms with Crippen molar-refractivity contribution in [2.45, 2.75) is 35.2 Å². The third-order valence-corrected chi connectivity index (χ3v) is 7.29. The van der Waals surface area contributed by atoms with Crippen molar-refractivity contribution in [1.82, 2.24) is 5.32 Å². The van der Waals surface area contributed by atoms with Crippen LogP contribution in [-0.2, 0) is 32.1 Å². The van der Waals surface area contributed by atoms with Gasteiger partial charge in [-0.05, 0) is 30.4 Å². The molecule has 9 N–H and O–H groups in total. The molecule has 1 fully saturated rings. The van der Waals surface area contributed by atoms with Crippen molar-refractivity contribution in [3.63, 3.8) is 0 Å². The van der Waals surface area contributed by atoms with Gasteiger partial charge in [-0.25, -0.2) is 4.79 Å². The van der Waals surface area contributed by atoms with Crippen LogP contribution in [-0.4, -0.2) is 60.0 Å². The molecule has 0 bridgehead atoms. The molecule has 38 heavy (non-hydrogen) atoms. The molecule has 1 unspecified atom stereocenters. The first-order valence-electron chi connectivity index (χ1n) is 11.2. The topological polar surface area (TPSA) is 222 Å². The molecule has 3 aliphatic rings. The Morgan fingerprint density at radius 1 is 1.18 bits per heavy atom. The van der Waals surface area contributed by atoms with Crippen LogP contribution in [0.5, 0.6) is 5.75 Å². The molecular weight excluding hydrogens is 569 g/mol. The van der Waals surface area contributed by atoms with E-state index in [4.69, 9.17) is 51.0 Å². The van der Waals surface area contributed by atoms with Gasteiger partial charge in [0.15, 0.2) is 11.4 Å². The lowest BCUT2D eigenvalue weighted by molar-refractivity contribution is -0.147. The number of rotatable bonds is 4. The van der Waals surface area contributed by atoms with Crippen LogP contribution in [0.15, 0.2) is 23.0 Å². The number of phenolic OH excluding ortho intramolecular Hbond substituents is 1. The quantitative estimate of drug-likeness (QED) is 0.116. The van der Waals surface area contributed by atoms with Crippen LogP contribution >= 0.6 is 34.8 Å². The number of hydrogen-bond donors (Lipinski definition) is 7. The van der Waals surface area contributed by atoms with E-state index in [1.54, 1.807) is 0 Å². The number of fused-ring (bicyclic) bond motifs is 3. The highest BCUT2D eigenvalue weighted by Crippen LogP contribution is 2.53. The number of aliphatic hydroxyl groups is 3. The van der Waals surface area contributed by atoms with Crippen molar-refractivity contribution in [2.75, 3.05) is 12.3 Å². The number of phenols is 1. The van der Waals surface area contributed by atoms with Crippen LogP contribution in [0.1, 0.15) is 29.5 Å². The summed E-state index contributed by atoms with van der Waals surface area (Å²) in [5.74, 6) is -7.47. The standard InChI is InChI=1S/C23H22Cl3N3O9/c24-22(25,26)6-38-21(36)29-5-8-3-11(27)10-2-7-1-9-4-12(30)15(20(28)35)19(34)23(9,37)18(33)13(7)17(32)14(10)16(8)31/h3,7,9,31-32,34,37H,1-2,4-6,27H2,(H2,28,35)(H,29,36)/t7?,9-,23-/m0/s1. The van der Waals surface area contributed by atoms with Gasteiger partial charge < -0.3 is 41.9 Å². The van der Waals surface area contributed by atoms with Gasteiger partial charge in [0.05, 0.1) is 5.56 Å². The monoisotopic (exact) mass is 589 g/mol. The summed E-state index contributed by atoms with van der Waals surface area (Å²) in [4.78, 5) is 49.5. The molecule has 12 nitrogen and oxygen atoms in total. The second-order valence-electron chi connectivity index (χ2n) is 9.28. The summed E-state index contributed by atoms with van der Waals surface area (Å²) in [6, 6.07) is 1.36. The number of Topliss-reactive ketones (excluding diaryl/α,β-unsaturated/α-hetero) is 2. The number of alkyl halides is 3. The minimum Gasteiger partial charge on any atom is -0.508 e. The van der Waals surface area contributed by atoms with Gasteiger partial charge in [0.25, 0.3) is 5.91 Å². The zero-order chi connectivity index (χ0) is 28.3. The number of ketones is 2. The predicted octanol–water partition coefficient (Wildman–Crippen LogP) is 1.60. The lowest BCUT2D eigenvalue weighted by Gasteiger charge is -2.46. The summed E-state index contributed by atoms with van der Waals surface area (Å²) in [6.45, 7) is -0.881. The van der Waals surface area contributed by atoms with Gasteiger partial charge >= 0.3 is 6.09 Å². The number of aliphatic hydroxyl groups excluding tert-OH is 2. The highest BCUT2D eigenvalue weighted by molar-refractivity contribution is 6.67. The first-order chi connectivity index (χ1) is 17.6. The van der Waals surface area contributed by atoms with Crippen LogP contribution in [0, 0.1) is 11.8 Å². The van der Waals surface area contributed by atoms with Crippen molar-refractivity contribution < 1.29 is 44.3 Å². The Morgan fingerprint density at radius 2 is 1.84 bits per heavy atom. The van der Waals surface area contributed by atoms with Gasteiger partial charge in [-0.15, -0.1) is 0 Å². The molecule has 4 rings (SSSR count). The molecule has 1 saturated carbocycles. The van der Waals surface area contributed by atoms with Crippen molar-refractivity contribution >= 4 is 69.8 Å². The fourth-order valence-electron chi connectivity index (χ4n) is 5.28. The fourth-order valence-corrected chi connectivity index (χ4v) is 5.44. The maximum Gasteiger partial charge on any atom is 0.407 e. The molecule has 0 spiro atoms. The molecule has 3 aliphatic carbocycles. The van der Waals surface area contributed by atoms with E-state index in [1.807, 2.05) is 0 Å². The van der Waals surface area contributed by atoms with E-state index in [0.29, 0.717) is 5.56 Å². The summed E-state index contributed by atoms with van der Waals surface area (Å²) in [5.41, 5.74) is 7.74. The van der Waals surface area contributed by atoms with Crippen LogP contribution in [0.4, 0.5) is 10.5 Å². The number of nitrogens with one attached hydrogen (secondary N) is 1. The first-order valence-corrected chi connectivity index (χ1v) is 12.3. The van der Waals surface area contributed by atoms with Crippen LogP contribution in [0.25, 0.3) is 5.76 Å². The average molecular weight is 591 g/mol. The maximum atomic E-state index is 13.5. The lowest BCUT2D eigenvalue weighted by Crippen LogP contribution is -2.58. The zero-order valence-electron chi connectivity index (χ0n) is 19.4. The number of nitrogens with two attached hydrogens (primary N) is 2. The number of anilines is 1. The normalized spacial score (nSPS) is 24.9. The SMILES string of the molecule is NC(=O)C1=C(O)[C@@]2(O)C(=O)C3=C(O)c4c(O)c(CNC(=O)OCC(Cl)(Cl)Cl)cc(N)c4CC3C[C@H]2CC1=O. The van der Waals surface area contributed by atoms with Crippen LogP contribution < -0.4 is 16.8 Å². The molecule has 0 aliphatic heterocycles. The van der Waals surface area contributed by atoms with E-state index >= 15 is 0 Å². The lowest BCUT2D eigenvalue weighted by atomic mass is 9.59. The largest absolute Gasteiger partial charge is 0.508 e. The van der Waals surface area contributed by atoms with Gasteiger partial charge in [0, 0.05) is 35.7 Å². The average Bonchev–Trinajstić information content (AvgIpc) is 2.80. The Morgan fingerprint density at radius 3 is 2.45 bits per heavy atom. The second kappa shape index (κ2) is 9.53. The van der Waals surface area contributed by atoms with E-state index in [-0.39, 0.29) is 41.8 Å². The Hall–Kier alpha value is -3.19. The molecule has 1 aromatic carbocycles. The fraction of sp³-hybridized carbons (Fsp3) is 0.391. The third kappa shape index (κ3) is 4.51. The molecule has 0 aromatic heterocycles. The van der Waals surface area contributed by atoms with Crippen LogP contribution in [0.2, 0.25) is 0 Å². The zero-order valence-corrected chi connectivity index (χ0v) is 21.7. The number of benzene rings is 1. The number of primary amides is 1. The Kier molecular flexibility index (Phi) is 6.98. The molecule has 0 radical (unpaired) electrons. The molecular formula is C23H22Cl3N3O9. The Labute approximate surface area is 229 Å². The minimum absolute atomic E-state index is 0.0263. The highest BCUT2D eigenvalue weighted by atomic mass is 35.6. The summed E-state index contributed by atoms with van der Waals surface area (Å²) in [6.07, 6.45) is -1.39. The number of halogens is 3. The minimum atomic E-state index is -2.68. The van der Waals surface area contributed by atoms with E-state index in [2.05, 4.69) is 5.32 Å². The van der Waals surface area contributed by atoms with E-state index in [9.17, 15) is 39.6 Å². The molecule has 1 aromatic rings. The van der Waals surface area contributed by atoms with E-state index in [1.165, 1.54) is 6.07 Å². The summed E-state index contributed by atoms with van der Waals surface area (Å²) in [5, 5.41) is 46.3. The number of amides is 2. The number of ether oxygens (including phenoxy) is 1. The predicted molar refractivity (Wildman–Crippen MR) is 134 cm³/mol. The number of hydrogen-bond acceptors (Lipinski definition) is 10. The van der Waals surface area contributed by atoms with Crippen molar-refractivity contribution in [1.29, 1.82) is 0 Å². The molecule has 0 saturated heterocycles. The Bertz CT molecular complexity index is 1350. The van der Waals surface area contributed by atoms with Gasteiger partial charge in [0.1, 0.15) is 29.4 Å². The maximum absolute atomic E-state index is 13.5. The smallest absolute Gasteiger partial charge is 0.407 e. The van der Waals surface area contributed by atoms with Gasteiger partial charge in [-0.1, -0.05) is 34.8 Å². The number of carbonyl (C=O) groups is 4. The molecule has 204 valence electrons. The number of nitrogen functional groups attached to an aromatic ring is 1. The molecule has 2 amide bonds. The van der Waals surface area contributed by atoms with Crippen molar-refractivity contribution in [3.05, 3.63) is 39.7 Å².